The van der Waals surface area contributed by atoms with Gasteiger partial charge in [-0.2, -0.15) is 0 Å². The molecule has 0 unspecified atom stereocenters. The van der Waals surface area contributed by atoms with Crippen molar-refractivity contribution in [2.45, 2.75) is 5.54 Å². The zero-order chi connectivity index (χ0) is 10.0. The highest BCUT2D eigenvalue weighted by Gasteiger charge is 2.20. The minimum Gasteiger partial charge on any atom is -0.394 e. The molecule has 0 aromatic heterocycles. The van der Waals surface area contributed by atoms with Gasteiger partial charge < -0.3 is 26.8 Å². The summed E-state index contributed by atoms with van der Waals surface area (Å²) in [5.41, 5.74) is 8.83. The maximum atomic E-state index is 8.34. The largest absolute Gasteiger partial charge is 0.394 e. The third kappa shape index (κ3) is 8.19. The molecular weight excluding hydrogens is 184 g/mol. The van der Waals surface area contributed by atoms with E-state index in [1.54, 1.807) is 0 Å². The molecule has 7 N–H and O–H groups in total. The minimum absolute atomic E-state index is 0.403. The van der Waals surface area contributed by atoms with Gasteiger partial charge in [-0.25, -0.2) is 0 Å². The SMILES string of the molecule is NC(CO)(CO)CO.NCCCl. The number of hydrogen-bond donors (Lipinski definition) is 5. The van der Waals surface area contributed by atoms with Crippen molar-refractivity contribution in [3.63, 3.8) is 0 Å². The molecule has 0 atom stereocenters. The molecule has 0 aliphatic heterocycles. The van der Waals surface area contributed by atoms with Crippen molar-refractivity contribution >= 4 is 11.6 Å². The Morgan fingerprint density at radius 1 is 1.08 bits per heavy atom. The summed E-state index contributed by atoms with van der Waals surface area (Å²) in [6, 6.07) is 0. The van der Waals surface area contributed by atoms with Crippen LogP contribution in [0.5, 0.6) is 0 Å². The zero-order valence-electron chi connectivity index (χ0n) is 6.91. The van der Waals surface area contributed by atoms with Crippen molar-refractivity contribution in [2.24, 2.45) is 11.5 Å². The molecular formula is C6H17ClN2O3. The first-order chi connectivity index (χ1) is 5.60. The molecule has 0 aromatic carbocycles. The fraction of sp³-hybridized carbons (Fsp3) is 1.00. The van der Waals surface area contributed by atoms with Crippen molar-refractivity contribution in [1.29, 1.82) is 0 Å². The van der Waals surface area contributed by atoms with Crippen LogP contribution in [0.25, 0.3) is 0 Å². The van der Waals surface area contributed by atoms with Gasteiger partial charge in [0.05, 0.1) is 25.4 Å². The van der Waals surface area contributed by atoms with Crippen LogP contribution in [0.15, 0.2) is 0 Å². The Kier molecular flexibility index (Phi) is 11.2. The average Bonchev–Trinajstić information content (AvgIpc) is 2.17. The van der Waals surface area contributed by atoms with Gasteiger partial charge in [0.15, 0.2) is 0 Å². The van der Waals surface area contributed by atoms with Gasteiger partial charge >= 0.3 is 0 Å². The first kappa shape index (κ1) is 14.6. The van der Waals surface area contributed by atoms with Crippen LogP contribution in [-0.4, -0.2) is 53.1 Å². The van der Waals surface area contributed by atoms with Gasteiger partial charge in [0.25, 0.3) is 0 Å². The van der Waals surface area contributed by atoms with E-state index < -0.39 is 25.4 Å². The predicted molar refractivity (Wildman–Crippen MR) is 48.0 cm³/mol. The monoisotopic (exact) mass is 200 g/mol. The molecule has 0 saturated heterocycles. The van der Waals surface area contributed by atoms with Crippen molar-refractivity contribution < 1.29 is 15.3 Å². The van der Waals surface area contributed by atoms with Crippen LogP contribution in [0.4, 0.5) is 0 Å². The molecule has 0 aromatic rings. The second-order valence-electron chi connectivity index (χ2n) is 2.31. The lowest BCUT2D eigenvalue weighted by Gasteiger charge is -2.20. The van der Waals surface area contributed by atoms with E-state index >= 15 is 0 Å². The van der Waals surface area contributed by atoms with E-state index in [0.717, 1.165) is 0 Å². The molecule has 0 amide bonds. The number of alkyl halides is 1. The smallest absolute Gasteiger partial charge is 0.0856 e. The zero-order valence-corrected chi connectivity index (χ0v) is 7.67. The number of aliphatic hydroxyl groups is 3. The fourth-order valence-electron chi connectivity index (χ4n) is 0.150. The normalized spacial score (nSPS) is 10.5. The van der Waals surface area contributed by atoms with E-state index in [2.05, 4.69) is 0 Å². The van der Waals surface area contributed by atoms with Crippen LogP contribution in [-0.2, 0) is 0 Å². The first-order valence-corrected chi connectivity index (χ1v) is 4.01. The summed E-state index contributed by atoms with van der Waals surface area (Å²) < 4.78 is 0. The molecule has 0 rings (SSSR count). The van der Waals surface area contributed by atoms with Crippen LogP contribution < -0.4 is 11.5 Å². The molecule has 0 radical (unpaired) electrons. The highest BCUT2D eigenvalue weighted by molar-refractivity contribution is 6.18. The molecule has 12 heavy (non-hydrogen) atoms. The maximum Gasteiger partial charge on any atom is 0.0856 e. The van der Waals surface area contributed by atoms with Crippen LogP contribution in [0.3, 0.4) is 0 Å². The minimum atomic E-state index is -1.21. The molecule has 0 heterocycles. The summed E-state index contributed by atoms with van der Waals surface area (Å²) in [5, 5.41) is 25.0. The number of halogens is 1. The molecule has 0 spiro atoms. The number of nitrogens with two attached hydrogens (primary N) is 2. The number of aliphatic hydroxyl groups excluding tert-OH is 3. The summed E-state index contributed by atoms with van der Waals surface area (Å²) in [7, 11) is 0. The van der Waals surface area contributed by atoms with E-state index in [0.29, 0.717) is 12.4 Å². The van der Waals surface area contributed by atoms with Gasteiger partial charge in [0, 0.05) is 12.4 Å². The third-order valence-electron chi connectivity index (χ3n) is 1.05. The van der Waals surface area contributed by atoms with Gasteiger partial charge in [0.1, 0.15) is 0 Å². The van der Waals surface area contributed by atoms with E-state index in [9.17, 15) is 0 Å². The van der Waals surface area contributed by atoms with Gasteiger partial charge in [-0.3, -0.25) is 0 Å². The average molecular weight is 201 g/mol. The summed E-state index contributed by atoms with van der Waals surface area (Å²) in [6.07, 6.45) is 0. The summed E-state index contributed by atoms with van der Waals surface area (Å²) >= 11 is 5.06. The lowest BCUT2D eigenvalue weighted by atomic mass is 10.1. The second-order valence-corrected chi connectivity index (χ2v) is 2.69. The van der Waals surface area contributed by atoms with Crippen LogP contribution in [0.2, 0.25) is 0 Å². The van der Waals surface area contributed by atoms with E-state index in [1.165, 1.54) is 0 Å². The quantitative estimate of drug-likeness (QED) is 0.332. The molecule has 0 fully saturated rings. The molecule has 0 saturated carbocycles. The molecule has 0 aliphatic carbocycles. The Labute approximate surface area is 76.9 Å². The summed E-state index contributed by atoms with van der Waals surface area (Å²) in [6.45, 7) is -0.623. The molecule has 76 valence electrons. The van der Waals surface area contributed by atoms with Crippen LogP contribution in [0, 0.1) is 0 Å². The van der Waals surface area contributed by atoms with E-state index in [-0.39, 0.29) is 0 Å². The van der Waals surface area contributed by atoms with Crippen molar-refractivity contribution in [1.82, 2.24) is 0 Å². The summed E-state index contributed by atoms with van der Waals surface area (Å²) in [5.74, 6) is 0.569. The Morgan fingerprint density at radius 3 is 1.33 bits per heavy atom. The van der Waals surface area contributed by atoms with Crippen molar-refractivity contribution in [2.75, 3.05) is 32.2 Å². The number of rotatable bonds is 4. The highest BCUT2D eigenvalue weighted by atomic mass is 35.5. The van der Waals surface area contributed by atoms with Crippen molar-refractivity contribution in [3.05, 3.63) is 0 Å². The Morgan fingerprint density at radius 2 is 1.33 bits per heavy atom. The molecule has 5 nitrogen and oxygen atoms in total. The van der Waals surface area contributed by atoms with Crippen LogP contribution >= 0.6 is 11.6 Å². The van der Waals surface area contributed by atoms with Gasteiger partial charge in [-0.05, 0) is 0 Å². The topological polar surface area (TPSA) is 113 Å². The molecule has 0 bridgehead atoms. The Bertz CT molecular complexity index is 80.6. The van der Waals surface area contributed by atoms with E-state index in [1.807, 2.05) is 0 Å². The molecule has 6 heteroatoms. The second kappa shape index (κ2) is 9.18. The summed E-state index contributed by atoms with van der Waals surface area (Å²) in [4.78, 5) is 0. The Hall–Kier alpha value is 0.0900. The van der Waals surface area contributed by atoms with Gasteiger partial charge in [-0.1, -0.05) is 0 Å². The third-order valence-corrected chi connectivity index (χ3v) is 1.27. The number of hydrogen-bond acceptors (Lipinski definition) is 5. The molecule has 0 aliphatic rings. The first-order valence-electron chi connectivity index (χ1n) is 3.47. The van der Waals surface area contributed by atoms with Crippen molar-refractivity contribution in [3.8, 4) is 0 Å². The lowest BCUT2D eigenvalue weighted by molar-refractivity contribution is 0.0698. The Balaban J connectivity index is 0. The standard InChI is InChI=1S/C4H11NO3.C2H6ClN/c5-4(1-6,2-7)3-8;3-1-2-4/h6-8H,1-3,5H2;1-2,4H2. The van der Waals surface area contributed by atoms with Crippen LogP contribution in [0.1, 0.15) is 0 Å². The fourth-order valence-corrected chi connectivity index (χ4v) is 0.150. The maximum absolute atomic E-state index is 8.34. The van der Waals surface area contributed by atoms with Gasteiger partial charge in [0.2, 0.25) is 0 Å². The predicted octanol–water partition coefficient (Wildman–Crippen LogP) is -2.16. The van der Waals surface area contributed by atoms with Gasteiger partial charge in [-0.15, -0.1) is 11.6 Å². The van der Waals surface area contributed by atoms with E-state index in [4.69, 9.17) is 38.4 Å². The highest BCUT2D eigenvalue weighted by Crippen LogP contribution is 1.93. The lowest BCUT2D eigenvalue weighted by Crippen LogP contribution is -2.50.